The van der Waals surface area contributed by atoms with Crippen LogP contribution >= 0.6 is 0 Å². The SMILES string of the molecule is COC(=O)[C@H]1[C@H]2[C@H]3[C@H]([C@@H]4CCC(=O)[C@]34C)C23[C@@H]1CC[C@@H]3O. The number of hydrogen-bond donors (Lipinski definition) is 1. The molecule has 21 heavy (non-hydrogen) atoms. The van der Waals surface area contributed by atoms with E-state index in [2.05, 4.69) is 6.92 Å². The van der Waals surface area contributed by atoms with Crippen LogP contribution in [0.15, 0.2) is 0 Å². The highest BCUT2D eigenvalue weighted by Crippen LogP contribution is 2.90. The molecule has 0 aliphatic heterocycles. The van der Waals surface area contributed by atoms with Gasteiger partial charge in [0, 0.05) is 17.3 Å². The van der Waals surface area contributed by atoms with E-state index in [9.17, 15) is 14.7 Å². The number of carbonyl (C=O) groups excluding carboxylic acids is 2. The fraction of sp³-hybridized carbons (Fsp3) is 0.882. The van der Waals surface area contributed by atoms with Crippen LogP contribution in [0.1, 0.15) is 32.6 Å². The zero-order valence-electron chi connectivity index (χ0n) is 12.5. The molecule has 114 valence electrons. The minimum atomic E-state index is -0.269. The van der Waals surface area contributed by atoms with Crippen molar-refractivity contribution in [2.45, 2.75) is 38.7 Å². The third kappa shape index (κ3) is 0.940. The summed E-state index contributed by atoms with van der Waals surface area (Å²) in [5.41, 5.74) is -0.252. The molecular formula is C17H22O4. The zero-order chi connectivity index (χ0) is 14.7. The third-order valence-corrected chi connectivity index (χ3v) is 8.37. The lowest BCUT2D eigenvalue weighted by molar-refractivity contribution is -0.393. The molecule has 0 amide bonds. The van der Waals surface area contributed by atoms with E-state index in [1.54, 1.807) is 0 Å². The topological polar surface area (TPSA) is 63.6 Å². The minimum absolute atomic E-state index is 0.0433. The Hall–Kier alpha value is -0.900. The number of aliphatic hydroxyl groups excluding tert-OH is 1. The summed E-state index contributed by atoms with van der Waals surface area (Å²) in [4.78, 5) is 24.6. The number of ketones is 1. The van der Waals surface area contributed by atoms with E-state index in [0.29, 0.717) is 35.9 Å². The van der Waals surface area contributed by atoms with Crippen molar-refractivity contribution in [2.75, 3.05) is 7.11 Å². The summed E-state index contributed by atoms with van der Waals surface area (Å²) in [6.07, 6.45) is 3.18. The highest BCUT2D eigenvalue weighted by Gasteiger charge is 2.91. The van der Waals surface area contributed by atoms with Gasteiger partial charge < -0.3 is 9.84 Å². The molecule has 0 saturated heterocycles. The molecule has 9 atom stereocenters. The molecule has 5 fully saturated rings. The number of hydrogen-bond acceptors (Lipinski definition) is 4. The molecule has 0 bridgehead atoms. The predicted molar refractivity (Wildman–Crippen MR) is 73.0 cm³/mol. The van der Waals surface area contributed by atoms with E-state index >= 15 is 0 Å². The molecule has 0 radical (unpaired) electrons. The smallest absolute Gasteiger partial charge is 0.309 e. The van der Waals surface area contributed by atoms with E-state index in [0.717, 1.165) is 19.3 Å². The Bertz CT molecular complexity index is 571. The van der Waals surface area contributed by atoms with Crippen LogP contribution in [0.5, 0.6) is 0 Å². The number of fused-ring (bicyclic) bond motifs is 5. The highest BCUT2D eigenvalue weighted by molar-refractivity contribution is 5.90. The lowest BCUT2D eigenvalue weighted by Gasteiger charge is -2.84. The fourth-order valence-electron chi connectivity index (χ4n) is 7.85. The Kier molecular flexibility index (Phi) is 2.03. The predicted octanol–water partition coefficient (Wildman–Crippen LogP) is 1.41. The number of rotatable bonds is 1. The maximum Gasteiger partial charge on any atom is 0.309 e. The molecule has 0 aromatic heterocycles. The maximum atomic E-state index is 12.4. The number of Topliss-reactive ketones (excluding diaryl/α,β-unsaturated/α-hetero) is 1. The van der Waals surface area contributed by atoms with Crippen molar-refractivity contribution in [3.05, 3.63) is 0 Å². The molecule has 5 rings (SSSR count). The van der Waals surface area contributed by atoms with Gasteiger partial charge in [-0.15, -0.1) is 0 Å². The largest absolute Gasteiger partial charge is 0.469 e. The number of carbonyl (C=O) groups is 2. The van der Waals surface area contributed by atoms with Crippen LogP contribution < -0.4 is 0 Å². The van der Waals surface area contributed by atoms with Crippen LogP contribution in [0.4, 0.5) is 0 Å². The van der Waals surface area contributed by atoms with Crippen molar-refractivity contribution in [1.82, 2.24) is 0 Å². The normalized spacial score (nSPS) is 62.4. The van der Waals surface area contributed by atoms with Gasteiger partial charge in [0.1, 0.15) is 5.78 Å². The van der Waals surface area contributed by atoms with Crippen molar-refractivity contribution < 1.29 is 19.4 Å². The second-order valence-corrected chi connectivity index (χ2v) is 8.18. The summed E-state index contributed by atoms with van der Waals surface area (Å²) in [5, 5.41) is 10.6. The van der Waals surface area contributed by atoms with Gasteiger partial charge in [0.05, 0.1) is 19.1 Å². The Morgan fingerprint density at radius 2 is 1.95 bits per heavy atom. The standard InChI is InChI=1S/C17H22O4/c1-16-8(4-5-9(16)18)12-14(16)13-11(15(20)21-2)7-3-6-10(19)17(7,12)13/h7-8,10-14,19H,3-6H2,1-2H3/t7-,8+,10+,11-,12+,13+,14-,16-,17?/m1/s1. The molecule has 5 aliphatic carbocycles. The lowest BCUT2D eigenvalue weighted by Crippen LogP contribution is -2.86. The molecule has 5 aliphatic rings. The van der Waals surface area contributed by atoms with Gasteiger partial charge in [0.15, 0.2) is 0 Å². The van der Waals surface area contributed by atoms with Crippen molar-refractivity contribution in [3.63, 3.8) is 0 Å². The van der Waals surface area contributed by atoms with E-state index in [4.69, 9.17) is 4.74 Å². The van der Waals surface area contributed by atoms with Crippen molar-refractivity contribution in [1.29, 1.82) is 0 Å². The molecule has 4 nitrogen and oxygen atoms in total. The quantitative estimate of drug-likeness (QED) is 0.742. The summed E-state index contributed by atoms with van der Waals surface area (Å²) in [6, 6.07) is 0. The average molecular weight is 290 g/mol. The molecule has 0 aromatic carbocycles. The monoisotopic (exact) mass is 290 g/mol. The van der Waals surface area contributed by atoms with Crippen molar-refractivity contribution >= 4 is 11.8 Å². The Morgan fingerprint density at radius 1 is 1.19 bits per heavy atom. The van der Waals surface area contributed by atoms with Crippen LogP contribution in [0.2, 0.25) is 0 Å². The van der Waals surface area contributed by atoms with Gasteiger partial charge >= 0.3 is 5.97 Å². The number of methoxy groups -OCH3 is 1. The van der Waals surface area contributed by atoms with E-state index in [1.807, 2.05) is 0 Å². The van der Waals surface area contributed by atoms with Gasteiger partial charge in [-0.05, 0) is 48.9 Å². The number of esters is 1. The second-order valence-electron chi connectivity index (χ2n) is 8.18. The first-order valence-electron chi connectivity index (χ1n) is 8.29. The molecule has 1 N–H and O–H groups in total. The van der Waals surface area contributed by atoms with Gasteiger partial charge in [-0.1, -0.05) is 6.92 Å². The molecule has 4 heteroatoms. The Labute approximate surface area is 124 Å². The zero-order valence-corrected chi connectivity index (χ0v) is 12.5. The third-order valence-electron chi connectivity index (χ3n) is 8.37. The Morgan fingerprint density at radius 3 is 2.67 bits per heavy atom. The number of ether oxygens (including phenoxy) is 1. The average Bonchev–Trinajstić information content (AvgIpc) is 2.88. The van der Waals surface area contributed by atoms with Gasteiger partial charge in [-0.2, -0.15) is 0 Å². The van der Waals surface area contributed by atoms with E-state index < -0.39 is 0 Å². The van der Waals surface area contributed by atoms with Crippen LogP contribution in [0.3, 0.4) is 0 Å². The maximum absolute atomic E-state index is 12.4. The second kappa shape index (κ2) is 3.37. The van der Waals surface area contributed by atoms with Crippen LogP contribution in [-0.4, -0.2) is 30.1 Å². The van der Waals surface area contributed by atoms with Crippen LogP contribution in [0, 0.1) is 46.3 Å². The van der Waals surface area contributed by atoms with Crippen LogP contribution in [0.25, 0.3) is 0 Å². The van der Waals surface area contributed by atoms with Gasteiger partial charge in [-0.25, -0.2) is 0 Å². The first-order chi connectivity index (χ1) is 10.0. The summed E-state index contributed by atoms with van der Waals surface area (Å²) < 4.78 is 5.02. The molecule has 1 unspecified atom stereocenters. The van der Waals surface area contributed by atoms with Gasteiger partial charge in [-0.3, -0.25) is 9.59 Å². The van der Waals surface area contributed by atoms with Gasteiger partial charge in [0.25, 0.3) is 0 Å². The fourth-order valence-corrected chi connectivity index (χ4v) is 7.85. The summed E-state index contributed by atoms with van der Waals surface area (Å²) in [7, 11) is 1.45. The van der Waals surface area contributed by atoms with Crippen molar-refractivity contribution in [2.24, 2.45) is 46.3 Å². The van der Waals surface area contributed by atoms with E-state index in [-0.39, 0.29) is 34.7 Å². The first-order valence-corrected chi connectivity index (χ1v) is 8.29. The van der Waals surface area contributed by atoms with Crippen molar-refractivity contribution in [3.8, 4) is 0 Å². The number of aliphatic hydroxyl groups is 1. The summed E-state index contributed by atoms with van der Waals surface area (Å²) in [5.74, 6) is 1.97. The molecule has 1 spiro atoms. The van der Waals surface area contributed by atoms with Gasteiger partial charge in [0.2, 0.25) is 0 Å². The molecule has 0 heterocycles. The molecule has 5 saturated carbocycles. The Balaban J connectivity index is 1.58. The molecular weight excluding hydrogens is 268 g/mol. The van der Waals surface area contributed by atoms with E-state index in [1.165, 1.54) is 7.11 Å². The summed E-state index contributed by atoms with van der Waals surface area (Å²) >= 11 is 0. The summed E-state index contributed by atoms with van der Waals surface area (Å²) in [6.45, 7) is 2.12. The minimum Gasteiger partial charge on any atom is -0.469 e. The highest BCUT2D eigenvalue weighted by atomic mass is 16.5. The van der Waals surface area contributed by atoms with Crippen LogP contribution in [-0.2, 0) is 14.3 Å². The lowest BCUT2D eigenvalue weighted by atomic mass is 9.18. The first kappa shape index (κ1) is 12.6. The molecule has 0 aromatic rings.